The Balaban J connectivity index is 2.70. The molecular weight excluding hydrogens is 286 g/mol. The van der Waals surface area contributed by atoms with Crippen molar-refractivity contribution in [2.45, 2.75) is 39.7 Å². The van der Waals surface area contributed by atoms with Gasteiger partial charge in [0.05, 0.1) is 12.4 Å². The van der Waals surface area contributed by atoms with E-state index in [1.807, 2.05) is 25.1 Å². The zero-order valence-corrected chi connectivity index (χ0v) is 14.1. The predicted octanol–water partition coefficient (Wildman–Crippen LogP) is 2.95. The molecule has 0 heterocycles. The fraction of sp³-hybridized carbons (Fsp3) is 0.625. The summed E-state index contributed by atoms with van der Waals surface area (Å²) in [5.74, 6) is 1.34. The van der Waals surface area contributed by atoms with Crippen LogP contribution >= 0.6 is 0 Å². The van der Waals surface area contributed by atoms with Gasteiger partial charge in [-0.25, -0.2) is 8.42 Å². The monoisotopic (exact) mass is 313 g/mol. The third-order valence-electron chi connectivity index (χ3n) is 3.41. The number of ether oxygens (including phenoxy) is 1. The highest BCUT2D eigenvalue weighted by molar-refractivity contribution is 7.91. The van der Waals surface area contributed by atoms with Gasteiger partial charge in [-0.2, -0.15) is 0 Å². The predicted molar refractivity (Wildman–Crippen MR) is 87.6 cm³/mol. The average molecular weight is 313 g/mol. The summed E-state index contributed by atoms with van der Waals surface area (Å²) in [6.45, 7) is 7.21. The molecule has 1 aromatic carbocycles. The average Bonchev–Trinajstić information content (AvgIpc) is 2.47. The SMILES string of the molecule is CCNC(CCCS(=O)(=O)CC)c1cccc(OCC)c1. The van der Waals surface area contributed by atoms with Crippen molar-refractivity contribution in [3.8, 4) is 5.75 Å². The number of hydrogen-bond donors (Lipinski definition) is 1. The van der Waals surface area contributed by atoms with Crippen molar-refractivity contribution in [3.05, 3.63) is 29.8 Å². The molecule has 0 aromatic heterocycles. The molecule has 1 rings (SSSR count). The maximum atomic E-state index is 11.6. The maximum Gasteiger partial charge on any atom is 0.150 e. The number of benzene rings is 1. The summed E-state index contributed by atoms with van der Waals surface area (Å²) in [6.07, 6.45) is 1.48. The fourth-order valence-corrected chi connectivity index (χ4v) is 3.17. The van der Waals surface area contributed by atoms with Crippen molar-refractivity contribution >= 4 is 9.84 Å². The smallest absolute Gasteiger partial charge is 0.150 e. The number of nitrogens with one attached hydrogen (secondary N) is 1. The summed E-state index contributed by atoms with van der Waals surface area (Å²) >= 11 is 0. The lowest BCUT2D eigenvalue weighted by atomic mass is 10.0. The Labute approximate surface area is 128 Å². The van der Waals surface area contributed by atoms with Crippen LogP contribution in [0.2, 0.25) is 0 Å². The van der Waals surface area contributed by atoms with E-state index in [-0.39, 0.29) is 17.5 Å². The van der Waals surface area contributed by atoms with Crippen LogP contribution in [0.4, 0.5) is 0 Å². The van der Waals surface area contributed by atoms with Crippen LogP contribution in [0, 0.1) is 0 Å². The highest BCUT2D eigenvalue weighted by Gasteiger charge is 2.13. The third-order valence-corrected chi connectivity index (χ3v) is 5.20. The molecule has 0 spiro atoms. The van der Waals surface area contributed by atoms with Crippen molar-refractivity contribution in [2.75, 3.05) is 24.7 Å². The fourth-order valence-electron chi connectivity index (χ4n) is 2.27. The lowest BCUT2D eigenvalue weighted by Gasteiger charge is -2.19. The van der Waals surface area contributed by atoms with Crippen LogP contribution < -0.4 is 10.1 Å². The molecule has 0 saturated heterocycles. The summed E-state index contributed by atoms with van der Waals surface area (Å²) in [6, 6.07) is 8.18. The Morgan fingerprint density at radius 3 is 2.62 bits per heavy atom. The minimum Gasteiger partial charge on any atom is -0.494 e. The number of hydrogen-bond acceptors (Lipinski definition) is 4. The van der Waals surface area contributed by atoms with Gasteiger partial charge < -0.3 is 10.1 Å². The van der Waals surface area contributed by atoms with Crippen molar-refractivity contribution in [1.29, 1.82) is 0 Å². The molecule has 0 fully saturated rings. The maximum absolute atomic E-state index is 11.6. The molecule has 0 aliphatic heterocycles. The molecule has 120 valence electrons. The van der Waals surface area contributed by atoms with Gasteiger partial charge in [0, 0.05) is 11.8 Å². The zero-order chi connectivity index (χ0) is 15.7. The first-order chi connectivity index (χ1) is 10.0. The Morgan fingerprint density at radius 1 is 1.24 bits per heavy atom. The quantitative estimate of drug-likeness (QED) is 0.721. The normalized spacial score (nSPS) is 13.1. The minimum atomic E-state index is -2.88. The molecule has 1 atom stereocenters. The lowest BCUT2D eigenvalue weighted by molar-refractivity contribution is 0.339. The van der Waals surface area contributed by atoms with Gasteiger partial charge in [0.1, 0.15) is 15.6 Å². The van der Waals surface area contributed by atoms with E-state index in [0.717, 1.165) is 24.3 Å². The summed E-state index contributed by atoms with van der Waals surface area (Å²) in [7, 11) is -2.88. The van der Waals surface area contributed by atoms with E-state index in [1.54, 1.807) is 6.92 Å². The Hall–Kier alpha value is -1.07. The highest BCUT2D eigenvalue weighted by atomic mass is 32.2. The Bertz CT molecular complexity index is 514. The largest absolute Gasteiger partial charge is 0.494 e. The summed E-state index contributed by atoms with van der Waals surface area (Å²) in [5.41, 5.74) is 1.15. The van der Waals surface area contributed by atoms with Crippen LogP contribution in [-0.2, 0) is 9.84 Å². The third kappa shape index (κ3) is 6.48. The number of rotatable bonds is 10. The van der Waals surface area contributed by atoms with E-state index >= 15 is 0 Å². The van der Waals surface area contributed by atoms with Crippen LogP contribution in [0.25, 0.3) is 0 Å². The molecule has 1 aromatic rings. The van der Waals surface area contributed by atoms with E-state index in [4.69, 9.17) is 4.74 Å². The Kier molecular flexibility index (Phi) is 7.75. The van der Waals surface area contributed by atoms with Gasteiger partial charge in [-0.1, -0.05) is 26.0 Å². The van der Waals surface area contributed by atoms with E-state index in [0.29, 0.717) is 13.0 Å². The van der Waals surface area contributed by atoms with Crippen molar-refractivity contribution in [3.63, 3.8) is 0 Å². The van der Waals surface area contributed by atoms with Crippen LogP contribution in [-0.4, -0.2) is 33.1 Å². The van der Waals surface area contributed by atoms with Crippen molar-refractivity contribution in [1.82, 2.24) is 5.32 Å². The second kappa shape index (κ2) is 9.05. The van der Waals surface area contributed by atoms with Gasteiger partial charge in [-0.15, -0.1) is 0 Å². The summed E-state index contributed by atoms with van der Waals surface area (Å²) < 4.78 is 28.7. The summed E-state index contributed by atoms with van der Waals surface area (Å²) in [5, 5.41) is 3.42. The van der Waals surface area contributed by atoms with Crippen molar-refractivity contribution < 1.29 is 13.2 Å². The van der Waals surface area contributed by atoms with Crippen molar-refractivity contribution in [2.24, 2.45) is 0 Å². The van der Waals surface area contributed by atoms with Gasteiger partial charge in [-0.3, -0.25) is 0 Å². The van der Waals surface area contributed by atoms with Crippen LogP contribution in [0.5, 0.6) is 5.75 Å². The molecule has 1 unspecified atom stereocenters. The molecule has 0 bridgehead atoms. The molecule has 0 amide bonds. The van der Waals surface area contributed by atoms with E-state index in [9.17, 15) is 8.42 Å². The molecule has 0 radical (unpaired) electrons. The standard InChI is InChI=1S/C16H27NO3S/c1-4-17-16(11-8-12-21(18,19)6-3)14-9-7-10-15(13-14)20-5-2/h7,9-10,13,16-17H,4-6,8,11-12H2,1-3H3. The molecule has 1 N–H and O–H groups in total. The highest BCUT2D eigenvalue weighted by Crippen LogP contribution is 2.23. The zero-order valence-electron chi connectivity index (χ0n) is 13.3. The topological polar surface area (TPSA) is 55.4 Å². The first kappa shape index (κ1) is 18.0. The van der Waals surface area contributed by atoms with Gasteiger partial charge in [0.2, 0.25) is 0 Å². The first-order valence-corrected chi connectivity index (χ1v) is 9.51. The molecule has 5 heteroatoms. The second-order valence-electron chi connectivity index (χ2n) is 4.99. The van der Waals surface area contributed by atoms with Gasteiger partial charge >= 0.3 is 0 Å². The minimum absolute atomic E-state index is 0.169. The van der Waals surface area contributed by atoms with E-state index in [2.05, 4.69) is 18.3 Å². The van der Waals surface area contributed by atoms with Crippen LogP contribution in [0.3, 0.4) is 0 Å². The molecule has 21 heavy (non-hydrogen) atoms. The summed E-state index contributed by atoms with van der Waals surface area (Å²) in [4.78, 5) is 0. The molecule has 0 aliphatic rings. The van der Waals surface area contributed by atoms with Gasteiger partial charge in [0.15, 0.2) is 0 Å². The second-order valence-corrected chi connectivity index (χ2v) is 7.47. The van der Waals surface area contributed by atoms with E-state index in [1.165, 1.54) is 0 Å². The van der Waals surface area contributed by atoms with E-state index < -0.39 is 9.84 Å². The molecule has 0 saturated carbocycles. The Morgan fingerprint density at radius 2 is 2.00 bits per heavy atom. The molecule has 4 nitrogen and oxygen atoms in total. The van der Waals surface area contributed by atoms with Gasteiger partial charge in [-0.05, 0) is 44.0 Å². The lowest BCUT2D eigenvalue weighted by Crippen LogP contribution is -2.22. The molecule has 0 aliphatic carbocycles. The van der Waals surface area contributed by atoms with Crippen LogP contribution in [0.1, 0.15) is 45.2 Å². The van der Waals surface area contributed by atoms with Gasteiger partial charge in [0.25, 0.3) is 0 Å². The molecular formula is C16H27NO3S. The number of sulfone groups is 1. The first-order valence-electron chi connectivity index (χ1n) is 7.69. The van der Waals surface area contributed by atoms with Crippen LogP contribution in [0.15, 0.2) is 24.3 Å².